The molecule has 18 heavy (non-hydrogen) atoms. The van der Waals surface area contributed by atoms with Crippen LogP contribution in [0.1, 0.15) is 24.3 Å². The molecule has 1 aromatic carbocycles. The number of rotatable bonds is 1. The molecule has 2 atom stereocenters. The summed E-state index contributed by atoms with van der Waals surface area (Å²) >= 11 is 8.19. The highest BCUT2D eigenvalue weighted by Crippen LogP contribution is 2.42. The molecule has 98 valence electrons. The second kappa shape index (κ2) is 5.19. The molecule has 3 rings (SSSR count). The van der Waals surface area contributed by atoms with Crippen LogP contribution in [0.15, 0.2) is 12.1 Å². The fourth-order valence-electron chi connectivity index (χ4n) is 2.19. The van der Waals surface area contributed by atoms with E-state index in [2.05, 4.69) is 18.3 Å². The van der Waals surface area contributed by atoms with Gasteiger partial charge in [0.1, 0.15) is 0 Å². The number of thioether (sulfide) groups is 1. The highest BCUT2D eigenvalue weighted by molar-refractivity contribution is 7.99. The SMILES string of the molecule is CC1CSC(c2cc(Cl)c3c(c2)OCCCO3)N1. The topological polar surface area (TPSA) is 30.5 Å². The molecule has 0 aromatic heterocycles. The summed E-state index contributed by atoms with van der Waals surface area (Å²) in [5.41, 5.74) is 1.17. The van der Waals surface area contributed by atoms with Crippen LogP contribution in [0.5, 0.6) is 11.5 Å². The van der Waals surface area contributed by atoms with E-state index in [4.69, 9.17) is 21.1 Å². The first-order chi connectivity index (χ1) is 8.74. The number of nitrogens with one attached hydrogen (secondary N) is 1. The van der Waals surface area contributed by atoms with Crippen molar-refractivity contribution in [3.05, 3.63) is 22.7 Å². The molecule has 0 spiro atoms. The molecule has 1 saturated heterocycles. The van der Waals surface area contributed by atoms with E-state index in [9.17, 15) is 0 Å². The molecular weight excluding hydrogens is 270 g/mol. The van der Waals surface area contributed by atoms with Crippen LogP contribution in [0, 0.1) is 0 Å². The summed E-state index contributed by atoms with van der Waals surface area (Å²) in [6.45, 7) is 3.55. The van der Waals surface area contributed by atoms with Crippen LogP contribution < -0.4 is 14.8 Å². The Kier molecular flexibility index (Phi) is 3.59. The molecule has 2 aliphatic rings. The van der Waals surface area contributed by atoms with Gasteiger partial charge in [-0.25, -0.2) is 0 Å². The summed E-state index contributed by atoms with van der Waals surface area (Å²) in [5.74, 6) is 2.59. The Hall–Kier alpha value is -0.580. The highest BCUT2D eigenvalue weighted by Gasteiger charge is 2.25. The van der Waals surface area contributed by atoms with E-state index in [0.717, 1.165) is 17.9 Å². The van der Waals surface area contributed by atoms with Gasteiger partial charge >= 0.3 is 0 Å². The van der Waals surface area contributed by atoms with Crippen molar-refractivity contribution in [2.75, 3.05) is 19.0 Å². The summed E-state index contributed by atoms with van der Waals surface area (Å²) in [6.07, 6.45) is 0.897. The van der Waals surface area contributed by atoms with Crippen molar-refractivity contribution < 1.29 is 9.47 Å². The zero-order valence-corrected chi connectivity index (χ0v) is 11.8. The van der Waals surface area contributed by atoms with Crippen LogP contribution >= 0.6 is 23.4 Å². The molecule has 0 aliphatic carbocycles. The smallest absolute Gasteiger partial charge is 0.179 e. The van der Waals surface area contributed by atoms with E-state index in [1.54, 1.807) is 0 Å². The standard InChI is InChI=1S/C13H16ClNO2S/c1-8-7-18-13(15-8)9-5-10(14)12-11(6-9)16-3-2-4-17-12/h5-6,8,13,15H,2-4,7H2,1H3. The maximum Gasteiger partial charge on any atom is 0.179 e. The maximum absolute atomic E-state index is 6.29. The summed E-state index contributed by atoms with van der Waals surface area (Å²) in [6, 6.07) is 4.57. The Bertz CT molecular complexity index is 455. The average Bonchev–Trinajstić information content (AvgIpc) is 2.63. The van der Waals surface area contributed by atoms with E-state index >= 15 is 0 Å². The van der Waals surface area contributed by atoms with Crippen molar-refractivity contribution in [1.82, 2.24) is 5.32 Å². The predicted molar refractivity (Wildman–Crippen MR) is 74.9 cm³/mol. The predicted octanol–water partition coefficient (Wildman–Crippen LogP) is 3.22. The van der Waals surface area contributed by atoms with Gasteiger partial charge in [0.05, 0.1) is 23.6 Å². The zero-order chi connectivity index (χ0) is 12.5. The van der Waals surface area contributed by atoms with Crippen molar-refractivity contribution >= 4 is 23.4 Å². The number of benzene rings is 1. The molecule has 3 nitrogen and oxygen atoms in total. The van der Waals surface area contributed by atoms with E-state index in [0.29, 0.717) is 35.4 Å². The van der Waals surface area contributed by atoms with Crippen LogP contribution in [-0.4, -0.2) is 25.0 Å². The first kappa shape index (κ1) is 12.5. The molecule has 1 fully saturated rings. The molecule has 2 heterocycles. The Morgan fingerprint density at radius 3 is 2.94 bits per heavy atom. The van der Waals surface area contributed by atoms with Crippen molar-refractivity contribution in [3.8, 4) is 11.5 Å². The lowest BCUT2D eigenvalue weighted by Gasteiger charge is -2.15. The van der Waals surface area contributed by atoms with Gasteiger partial charge < -0.3 is 9.47 Å². The van der Waals surface area contributed by atoms with Crippen molar-refractivity contribution in [1.29, 1.82) is 0 Å². The maximum atomic E-state index is 6.29. The normalized spacial score (nSPS) is 27.0. The number of hydrogen-bond acceptors (Lipinski definition) is 4. The Morgan fingerprint density at radius 1 is 1.33 bits per heavy atom. The van der Waals surface area contributed by atoms with Gasteiger partial charge in [-0.2, -0.15) is 0 Å². The van der Waals surface area contributed by atoms with E-state index in [1.165, 1.54) is 5.56 Å². The lowest BCUT2D eigenvalue weighted by molar-refractivity contribution is 0.297. The molecule has 2 aliphatic heterocycles. The largest absolute Gasteiger partial charge is 0.489 e. The van der Waals surface area contributed by atoms with Crippen LogP contribution in [0.25, 0.3) is 0 Å². The Labute approximate surface area is 116 Å². The molecule has 5 heteroatoms. The summed E-state index contributed by atoms with van der Waals surface area (Å²) in [4.78, 5) is 0. The Balaban J connectivity index is 1.92. The van der Waals surface area contributed by atoms with Crippen LogP contribution in [0.2, 0.25) is 5.02 Å². The van der Waals surface area contributed by atoms with Gasteiger partial charge in [0.2, 0.25) is 0 Å². The first-order valence-corrected chi connectivity index (χ1v) is 7.63. The van der Waals surface area contributed by atoms with Gasteiger partial charge in [-0.15, -0.1) is 11.8 Å². The van der Waals surface area contributed by atoms with Gasteiger partial charge in [-0.1, -0.05) is 11.6 Å². The lowest BCUT2D eigenvalue weighted by atomic mass is 10.2. The number of fused-ring (bicyclic) bond motifs is 1. The van der Waals surface area contributed by atoms with Crippen molar-refractivity contribution in [2.45, 2.75) is 24.8 Å². The number of ether oxygens (including phenoxy) is 2. The molecule has 1 N–H and O–H groups in total. The van der Waals surface area contributed by atoms with Crippen LogP contribution in [0.4, 0.5) is 0 Å². The monoisotopic (exact) mass is 285 g/mol. The number of halogens is 1. The van der Waals surface area contributed by atoms with Gasteiger partial charge in [0.25, 0.3) is 0 Å². The highest BCUT2D eigenvalue weighted by atomic mass is 35.5. The fraction of sp³-hybridized carbons (Fsp3) is 0.538. The average molecular weight is 286 g/mol. The third kappa shape index (κ3) is 2.42. The van der Waals surface area contributed by atoms with Gasteiger partial charge in [-0.05, 0) is 24.6 Å². The van der Waals surface area contributed by atoms with Gasteiger partial charge in [-0.3, -0.25) is 5.32 Å². The third-order valence-electron chi connectivity index (χ3n) is 3.08. The van der Waals surface area contributed by atoms with Crippen molar-refractivity contribution in [2.24, 2.45) is 0 Å². The lowest BCUT2D eigenvalue weighted by Crippen LogP contribution is -2.21. The zero-order valence-electron chi connectivity index (χ0n) is 10.2. The van der Waals surface area contributed by atoms with E-state index in [-0.39, 0.29) is 0 Å². The summed E-state index contributed by atoms with van der Waals surface area (Å²) < 4.78 is 11.3. The molecule has 0 amide bonds. The van der Waals surface area contributed by atoms with Gasteiger partial charge in [0, 0.05) is 18.2 Å². The fourth-order valence-corrected chi connectivity index (χ4v) is 3.70. The van der Waals surface area contributed by atoms with Crippen molar-refractivity contribution in [3.63, 3.8) is 0 Å². The molecular formula is C13H16ClNO2S. The first-order valence-electron chi connectivity index (χ1n) is 6.21. The molecule has 0 saturated carbocycles. The van der Waals surface area contributed by atoms with Crippen LogP contribution in [-0.2, 0) is 0 Å². The van der Waals surface area contributed by atoms with Crippen LogP contribution in [0.3, 0.4) is 0 Å². The van der Waals surface area contributed by atoms with E-state index < -0.39 is 0 Å². The Morgan fingerprint density at radius 2 is 2.17 bits per heavy atom. The van der Waals surface area contributed by atoms with E-state index in [1.807, 2.05) is 17.8 Å². The number of hydrogen-bond donors (Lipinski definition) is 1. The summed E-state index contributed by atoms with van der Waals surface area (Å²) in [7, 11) is 0. The molecule has 0 radical (unpaired) electrons. The molecule has 0 bridgehead atoms. The minimum atomic E-state index is 0.301. The van der Waals surface area contributed by atoms with Gasteiger partial charge in [0.15, 0.2) is 11.5 Å². The second-order valence-electron chi connectivity index (χ2n) is 4.66. The molecule has 2 unspecified atom stereocenters. The quantitative estimate of drug-likeness (QED) is 0.858. The minimum absolute atomic E-state index is 0.301. The third-order valence-corrected chi connectivity index (χ3v) is 4.79. The summed E-state index contributed by atoms with van der Waals surface area (Å²) in [5, 5.41) is 4.47. The second-order valence-corrected chi connectivity index (χ2v) is 6.21. The molecule has 1 aromatic rings. The minimum Gasteiger partial charge on any atom is -0.489 e.